The van der Waals surface area contributed by atoms with E-state index in [0.717, 1.165) is 64.1 Å². The van der Waals surface area contributed by atoms with E-state index >= 15 is 0 Å². The summed E-state index contributed by atoms with van der Waals surface area (Å²) in [5, 5.41) is 12.3. The van der Waals surface area contributed by atoms with E-state index in [1.165, 1.54) is 0 Å². The lowest BCUT2D eigenvalue weighted by molar-refractivity contribution is 0.0951. The van der Waals surface area contributed by atoms with Gasteiger partial charge in [-0.15, -0.1) is 0 Å². The van der Waals surface area contributed by atoms with Gasteiger partial charge in [0, 0.05) is 46.9 Å². The molecule has 3 heterocycles. The fourth-order valence-electron chi connectivity index (χ4n) is 4.36. The molecule has 7 nitrogen and oxygen atoms in total. The summed E-state index contributed by atoms with van der Waals surface area (Å²) >= 11 is 0. The molecule has 1 fully saturated rings. The molecule has 1 aliphatic rings. The normalized spacial score (nSPS) is 13.4. The minimum Gasteiger partial charge on any atom is -0.370 e. The molecule has 36 heavy (non-hydrogen) atoms. The Labute approximate surface area is 209 Å². The van der Waals surface area contributed by atoms with Gasteiger partial charge in [-0.05, 0) is 48.6 Å². The first-order chi connectivity index (χ1) is 17.6. The minimum atomic E-state index is -0.0194. The van der Waals surface area contributed by atoms with Gasteiger partial charge in [-0.2, -0.15) is 9.61 Å². The Morgan fingerprint density at radius 2 is 1.89 bits per heavy atom. The Morgan fingerprint density at radius 3 is 2.67 bits per heavy atom. The molecule has 0 saturated heterocycles. The van der Waals surface area contributed by atoms with Gasteiger partial charge in [0.2, 0.25) is 0 Å². The lowest BCUT2D eigenvalue weighted by atomic mass is 10.0. The second kappa shape index (κ2) is 9.07. The lowest BCUT2D eigenvalue weighted by Gasteiger charge is -2.14. The molecule has 0 bridgehead atoms. The Hall–Kier alpha value is -4.26. The first kappa shape index (κ1) is 22.2. The number of hydrogen-bond acceptors (Lipinski definition) is 5. The van der Waals surface area contributed by atoms with E-state index in [2.05, 4.69) is 52.8 Å². The standard InChI is InChI=1S/C29H28N6O/c1-18(2)16-31-27-15-26(23-5-3-7-25-22(23)6-4-14-30-25)34-28-24(17-32-35(27)28)19-8-10-20(11-9-19)29(36)33-21-12-13-21/h3-11,14-15,17-18,21,31H,12-13,16H2,1-2H3,(H,33,36). The molecular formula is C29H28N6O. The van der Waals surface area contributed by atoms with Crippen LogP contribution in [0.3, 0.4) is 0 Å². The molecule has 0 spiro atoms. The average Bonchev–Trinajstić information content (AvgIpc) is 3.61. The first-order valence-corrected chi connectivity index (χ1v) is 12.4. The van der Waals surface area contributed by atoms with Gasteiger partial charge in [-0.1, -0.05) is 44.2 Å². The predicted octanol–water partition coefficient (Wildman–Crippen LogP) is 5.57. The van der Waals surface area contributed by atoms with Gasteiger partial charge in [0.05, 0.1) is 17.4 Å². The predicted molar refractivity (Wildman–Crippen MR) is 143 cm³/mol. The second-order valence-electron chi connectivity index (χ2n) is 9.80. The molecule has 0 unspecified atom stereocenters. The van der Waals surface area contributed by atoms with Crippen molar-refractivity contribution >= 4 is 28.3 Å². The molecule has 0 atom stereocenters. The van der Waals surface area contributed by atoms with E-state index in [1.807, 2.05) is 59.4 Å². The number of nitrogens with zero attached hydrogens (tertiary/aromatic N) is 4. The van der Waals surface area contributed by atoms with Crippen LogP contribution in [0.2, 0.25) is 0 Å². The maximum Gasteiger partial charge on any atom is 0.251 e. The van der Waals surface area contributed by atoms with Crippen LogP contribution in [0.15, 0.2) is 73.1 Å². The molecule has 1 saturated carbocycles. The van der Waals surface area contributed by atoms with E-state index in [0.29, 0.717) is 17.5 Å². The van der Waals surface area contributed by atoms with Gasteiger partial charge in [-0.25, -0.2) is 4.98 Å². The molecule has 5 aromatic rings. The van der Waals surface area contributed by atoms with Crippen LogP contribution in [0, 0.1) is 5.92 Å². The van der Waals surface area contributed by atoms with E-state index < -0.39 is 0 Å². The number of anilines is 1. The van der Waals surface area contributed by atoms with Crippen LogP contribution in [0.5, 0.6) is 0 Å². The fraction of sp³-hybridized carbons (Fsp3) is 0.241. The maximum atomic E-state index is 12.4. The number of rotatable bonds is 7. The third kappa shape index (κ3) is 4.28. The summed E-state index contributed by atoms with van der Waals surface area (Å²) in [5.41, 5.74) is 6.11. The van der Waals surface area contributed by atoms with Crippen molar-refractivity contribution in [2.75, 3.05) is 11.9 Å². The van der Waals surface area contributed by atoms with Crippen molar-refractivity contribution in [3.05, 3.63) is 78.6 Å². The van der Waals surface area contributed by atoms with E-state index in [9.17, 15) is 4.79 Å². The highest BCUT2D eigenvalue weighted by molar-refractivity contribution is 5.96. The largest absolute Gasteiger partial charge is 0.370 e. The Morgan fingerprint density at radius 1 is 1.06 bits per heavy atom. The molecule has 1 aliphatic carbocycles. The molecule has 3 aromatic heterocycles. The van der Waals surface area contributed by atoms with Gasteiger partial charge >= 0.3 is 0 Å². The van der Waals surface area contributed by atoms with Gasteiger partial charge in [-0.3, -0.25) is 9.78 Å². The molecule has 2 N–H and O–H groups in total. The number of hydrogen-bond donors (Lipinski definition) is 2. The molecule has 2 aromatic carbocycles. The van der Waals surface area contributed by atoms with Crippen LogP contribution >= 0.6 is 0 Å². The number of carbonyl (C=O) groups excluding carboxylic acids is 1. The number of amides is 1. The van der Waals surface area contributed by atoms with Crippen LogP contribution in [-0.2, 0) is 0 Å². The molecule has 6 rings (SSSR count). The summed E-state index contributed by atoms with van der Waals surface area (Å²) in [5.74, 6) is 1.34. The van der Waals surface area contributed by atoms with Crippen molar-refractivity contribution in [1.29, 1.82) is 0 Å². The van der Waals surface area contributed by atoms with Crippen LogP contribution < -0.4 is 10.6 Å². The number of fused-ring (bicyclic) bond motifs is 2. The highest BCUT2D eigenvalue weighted by Gasteiger charge is 2.24. The van der Waals surface area contributed by atoms with Crippen molar-refractivity contribution in [1.82, 2.24) is 24.9 Å². The SMILES string of the molecule is CC(C)CNc1cc(-c2cccc3ncccc23)nc2c(-c3ccc(C(=O)NC4CC4)cc3)cnn12. The summed E-state index contributed by atoms with van der Waals surface area (Å²) in [6.07, 6.45) is 5.79. The summed E-state index contributed by atoms with van der Waals surface area (Å²) in [7, 11) is 0. The number of carbonyl (C=O) groups is 1. The molecule has 0 aliphatic heterocycles. The zero-order valence-electron chi connectivity index (χ0n) is 20.4. The minimum absolute atomic E-state index is 0.0194. The zero-order chi connectivity index (χ0) is 24.6. The first-order valence-electron chi connectivity index (χ1n) is 12.4. The summed E-state index contributed by atoms with van der Waals surface area (Å²) in [4.78, 5) is 22.0. The van der Waals surface area contributed by atoms with E-state index in [-0.39, 0.29) is 5.91 Å². The molecule has 0 radical (unpaired) electrons. The molecular weight excluding hydrogens is 448 g/mol. The van der Waals surface area contributed by atoms with Gasteiger partial charge < -0.3 is 10.6 Å². The second-order valence-corrected chi connectivity index (χ2v) is 9.80. The molecule has 1 amide bonds. The third-order valence-corrected chi connectivity index (χ3v) is 6.46. The molecule has 180 valence electrons. The summed E-state index contributed by atoms with van der Waals surface area (Å²) in [6, 6.07) is 20.2. The number of benzene rings is 2. The van der Waals surface area contributed by atoms with Crippen molar-refractivity contribution in [2.24, 2.45) is 5.92 Å². The van der Waals surface area contributed by atoms with Gasteiger partial charge in [0.25, 0.3) is 5.91 Å². The highest BCUT2D eigenvalue weighted by atomic mass is 16.1. The Balaban J connectivity index is 1.45. The monoisotopic (exact) mass is 476 g/mol. The third-order valence-electron chi connectivity index (χ3n) is 6.46. The van der Waals surface area contributed by atoms with E-state index in [1.54, 1.807) is 0 Å². The number of nitrogens with one attached hydrogen (secondary N) is 2. The fourth-order valence-corrected chi connectivity index (χ4v) is 4.36. The number of pyridine rings is 1. The highest BCUT2D eigenvalue weighted by Crippen LogP contribution is 2.32. The lowest BCUT2D eigenvalue weighted by Crippen LogP contribution is -2.25. The topological polar surface area (TPSA) is 84.2 Å². The zero-order valence-corrected chi connectivity index (χ0v) is 20.4. The smallest absolute Gasteiger partial charge is 0.251 e. The maximum absolute atomic E-state index is 12.4. The van der Waals surface area contributed by atoms with Crippen LogP contribution in [0.1, 0.15) is 37.0 Å². The van der Waals surface area contributed by atoms with Gasteiger partial charge in [0.15, 0.2) is 5.65 Å². The average molecular weight is 477 g/mol. The number of aromatic nitrogens is 4. The Bertz CT molecular complexity index is 1560. The van der Waals surface area contributed by atoms with Crippen molar-refractivity contribution in [3.8, 4) is 22.4 Å². The van der Waals surface area contributed by atoms with Crippen LogP contribution in [0.25, 0.3) is 38.9 Å². The quantitative estimate of drug-likeness (QED) is 0.321. The van der Waals surface area contributed by atoms with Gasteiger partial charge in [0.1, 0.15) is 5.82 Å². The summed E-state index contributed by atoms with van der Waals surface area (Å²) in [6.45, 7) is 5.17. The van der Waals surface area contributed by atoms with Crippen molar-refractivity contribution in [3.63, 3.8) is 0 Å². The summed E-state index contributed by atoms with van der Waals surface area (Å²) < 4.78 is 1.86. The molecule has 7 heteroatoms. The Kier molecular flexibility index (Phi) is 5.60. The van der Waals surface area contributed by atoms with Crippen molar-refractivity contribution < 1.29 is 4.79 Å². The van der Waals surface area contributed by atoms with Crippen LogP contribution in [-0.4, -0.2) is 38.1 Å². The van der Waals surface area contributed by atoms with Crippen molar-refractivity contribution in [2.45, 2.75) is 32.7 Å². The van der Waals surface area contributed by atoms with E-state index in [4.69, 9.17) is 4.98 Å². The van der Waals surface area contributed by atoms with Crippen LogP contribution in [0.4, 0.5) is 5.82 Å².